The van der Waals surface area contributed by atoms with Crippen molar-refractivity contribution in [3.05, 3.63) is 57.1 Å². The summed E-state index contributed by atoms with van der Waals surface area (Å²) in [6.07, 6.45) is 0. The smallest absolute Gasteiger partial charge is 0.352 e. The van der Waals surface area contributed by atoms with Gasteiger partial charge in [-0.1, -0.05) is 18.2 Å². The molecule has 0 aliphatic rings. The fraction of sp³-hybridized carbons (Fsp3) is 0.278. The number of thiophene rings is 1. The number of para-hydroxylation sites is 2. The molecule has 0 spiro atoms. The molecule has 0 bridgehead atoms. The first-order chi connectivity index (χ1) is 13.2. The van der Waals surface area contributed by atoms with Gasteiger partial charge >= 0.3 is 5.69 Å². The SMILES string of the molecule is COCCn1c2ccccc2n2c(=O)n(CC(=O)NCc3cccs3)nc12. The number of hydrogen-bond acceptors (Lipinski definition) is 5. The highest BCUT2D eigenvalue weighted by atomic mass is 32.1. The Labute approximate surface area is 158 Å². The van der Waals surface area contributed by atoms with E-state index in [4.69, 9.17) is 4.74 Å². The Morgan fingerprint density at radius 2 is 2.04 bits per heavy atom. The molecule has 4 rings (SSSR count). The van der Waals surface area contributed by atoms with Crippen LogP contribution in [0.2, 0.25) is 0 Å². The second kappa shape index (κ2) is 7.37. The standard InChI is InChI=1S/C18H19N5O3S/c1-26-9-8-21-14-6-2-3-7-15(14)23-17(21)20-22(18(23)25)12-16(24)19-11-13-5-4-10-27-13/h2-7,10H,8-9,11-12H2,1H3,(H,19,24). The summed E-state index contributed by atoms with van der Waals surface area (Å²) >= 11 is 1.57. The molecule has 0 radical (unpaired) electrons. The number of nitrogens with one attached hydrogen (secondary N) is 1. The van der Waals surface area contributed by atoms with Gasteiger partial charge in [0.2, 0.25) is 11.7 Å². The minimum Gasteiger partial charge on any atom is -0.383 e. The topological polar surface area (TPSA) is 82.6 Å². The van der Waals surface area contributed by atoms with Crippen LogP contribution < -0.4 is 11.0 Å². The molecule has 0 unspecified atom stereocenters. The monoisotopic (exact) mass is 385 g/mol. The molecule has 1 aromatic carbocycles. The number of fused-ring (bicyclic) bond motifs is 3. The third-order valence-electron chi connectivity index (χ3n) is 4.33. The molecule has 0 saturated carbocycles. The quantitative estimate of drug-likeness (QED) is 0.522. The molecule has 3 heterocycles. The maximum atomic E-state index is 12.8. The minimum absolute atomic E-state index is 0.121. The van der Waals surface area contributed by atoms with Gasteiger partial charge in [0.05, 0.1) is 24.2 Å². The summed E-state index contributed by atoms with van der Waals surface area (Å²) in [5, 5.41) is 9.18. The molecule has 0 saturated heterocycles. The van der Waals surface area contributed by atoms with Gasteiger partial charge in [-0.15, -0.1) is 16.4 Å². The molecule has 0 aliphatic heterocycles. The number of nitrogens with zero attached hydrogens (tertiary/aromatic N) is 4. The van der Waals surface area contributed by atoms with Crippen LogP contribution in [0.1, 0.15) is 4.88 Å². The Balaban J connectivity index is 1.65. The third kappa shape index (κ3) is 3.26. The zero-order chi connectivity index (χ0) is 18.8. The van der Waals surface area contributed by atoms with E-state index in [1.807, 2.05) is 46.3 Å². The molecule has 140 valence electrons. The summed E-state index contributed by atoms with van der Waals surface area (Å²) in [4.78, 5) is 26.1. The number of aromatic nitrogens is 4. The van der Waals surface area contributed by atoms with E-state index >= 15 is 0 Å². The van der Waals surface area contributed by atoms with Gasteiger partial charge in [0.25, 0.3) is 0 Å². The fourth-order valence-corrected chi connectivity index (χ4v) is 3.71. The van der Waals surface area contributed by atoms with Gasteiger partial charge in [0.15, 0.2) is 0 Å². The summed E-state index contributed by atoms with van der Waals surface area (Å²) in [5.74, 6) is 0.253. The van der Waals surface area contributed by atoms with Crippen LogP contribution in [0.25, 0.3) is 16.8 Å². The van der Waals surface area contributed by atoms with Crippen molar-refractivity contribution in [2.24, 2.45) is 0 Å². The number of hydrogen-bond donors (Lipinski definition) is 1. The Hall–Kier alpha value is -2.91. The van der Waals surface area contributed by atoms with Crippen LogP contribution in [0, 0.1) is 0 Å². The highest BCUT2D eigenvalue weighted by molar-refractivity contribution is 7.09. The van der Waals surface area contributed by atoms with Gasteiger partial charge in [-0.25, -0.2) is 13.9 Å². The average Bonchev–Trinajstić information content (AvgIpc) is 3.36. The number of methoxy groups -OCH3 is 1. The summed E-state index contributed by atoms with van der Waals surface area (Å²) in [7, 11) is 1.63. The van der Waals surface area contributed by atoms with Gasteiger partial charge in [-0.05, 0) is 23.6 Å². The number of carbonyl (C=O) groups is 1. The zero-order valence-electron chi connectivity index (χ0n) is 14.8. The Bertz CT molecular complexity index is 1140. The minimum atomic E-state index is -0.330. The van der Waals surface area contributed by atoms with Crippen molar-refractivity contribution in [3.63, 3.8) is 0 Å². The average molecular weight is 385 g/mol. The Kier molecular flexibility index (Phi) is 4.78. The van der Waals surface area contributed by atoms with Gasteiger partial charge in [0.1, 0.15) is 6.54 Å². The molecule has 0 fully saturated rings. The largest absolute Gasteiger partial charge is 0.383 e. The van der Waals surface area contributed by atoms with Crippen molar-refractivity contribution >= 4 is 34.1 Å². The number of benzene rings is 1. The van der Waals surface area contributed by atoms with Gasteiger partial charge in [-0.3, -0.25) is 4.79 Å². The van der Waals surface area contributed by atoms with Gasteiger partial charge in [0, 0.05) is 18.5 Å². The van der Waals surface area contributed by atoms with Crippen molar-refractivity contribution < 1.29 is 9.53 Å². The van der Waals surface area contributed by atoms with E-state index in [0.717, 1.165) is 15.9 Å². The zero-order valence-corrected chi connectivity index (χ0v) is 15.6. The number of rotatable bonds is 7. The maximum Gasteiger partial charge on any atom is 0.352 e. The molecule has 0 atom stereocenters. The van der Waals surface area contributed by atoms with Crippen molar-refractivity contribution in [1.82, 2.24) is 24.1 Å². The van der Waals surface area contributed by atoms with E-state index in [0.29, 0.717) is 25.5 Å². The predicted molar refractivity (Wildman–Crippen MR) is 103 cm³/mol. The number of amides is 1. The molecular formula is C18H19N5O3S. The van der Waals surface area contributed by atoms with Crippen LogP contribution in [-0.4, -0.2) is 38.4 Å². The van der Waals surface area contributed by atoms with Crippen molar-refractivity contribution in [3.8, 4) is 0 Å². The number of imidazole rings is 1. The summed E-state index contributed by atoms with van der Waals surface area (Å²) < 4.78 is 9.85. The molecular weight excluding hydrogens is 366 g/mol. The van der Waals surface area contributed by atoms with Gasteiger partial charge in [-0.2, -0.15) is 0 Å². The van der Waals surface area contributed by atoms with Crippen LogP contribution in [-0.2, 0) is 29.2 Å². The van der Waals surface area contributed by atoms with E-state index < -0.39 is 0 Å². The van der Waals surface area contributed by atoms with E-state index in [1.54, 1.807) is 18.4 Å². The molecule has 1 N–H and O–H groups in total. The van der Waals surface area contributed by atoms with Crippen LogP contribution >= 0.6 is 11.3 Å². The first-order valence-corrected chi connectivity index (χ1v) is 9.42. The summed E-state index contributed by atoms with van der Waals surface area (Å²) in [6.45, 7) is 1.39. The third-order valence-corrected chi connectivity index (χ3v) is 5.21. The summed E-state index contributed by atoms with van der Waals surface area (Å²) in [5.41, 5.74) is 1.34. The number of carbonyl (C=O) groups excluding carboxylic acids is 1. The highest BCUT2D eigenvalue weighted by Gasteiger charge is 2.18. The summed E-state index contributed by atoms with van der Waals surface area (Å²) in [6, 6.07) is 11.5. The van der Waals surface area contributed by atoms with Crippen LogP contribution in [0.5, 0.6) is 0 Å². The van der Waals surface area contributed by atoms with Crippen molar-refractivity contribution in [1.29, 1.82) is 0 Å². The van der Waals surface area contributed by atoms with Gasteiger partial charge < -0.3 is 14.6 Å². The Morgan fingerprint density at radius 1 is 1.22 bits per heavy atom. The predicted octanol–water partition coefficient (Wildman–Crippen LogP) is 1.47. The molecule has 9 heteroatoms. The maximum absolute atomic E-state index is 12.8. The van der Waals surface area contributed by atoms with Crippen LogP contribution in [0.4, 0.5) is 0 Å². The fourth-order valence-electron chi connectivity index (χ4n) is 3.07. The van der Waals surface area contributed by atoms with E-state index in [1.165, 1.54) is 9.08 Å². The second-order valence-corrected chi connectivity index (χ2v) is 7.10. The molecule has 4 aromatic rings. The lowest BCUT2D eigenvalue weighted by atomic mass is 10.3. The lowest BCUT2D eigenvalue weighted by Gasteiger charge is -2.04. The first kappa shape index (κ1) is 17.5. The highest BCUT2D eigenvalue weighted by Crippen LogP contribution is 2.18. The molecule has 1 amide bonds. The lowest BCUT2D eigenvalue weighted by Crippen LogP contribution is -2.32. The van der Waals surface area contributed by atoms with Crippen LogP contribution in [0.3, 0.4) is 0 Å². The van der Waals surface area contributed by atoms with Crippen molar-refractivity contribution in [2.75, 3.05) is 13.7 Å². The normalized spacial score (nSPS) is 11.4. The van der Waals surface area contributed by atoms with E-state index in [-0.39, 0.29) is 18.1 Å². The van der Waals surface area contributed by atoms with Crippen LogP contribution in [0.15, 0.2) is 46.6 Å². The Morgan fingerprint density at radius 3 is 2.78 bits per heavy atom. The van der Waals surface area contributed by atoms with E-state index in [2.05, 4.69) is 10.4 Å². The molecule has 27 heavy (non-hydrogen) atoms. The van der Waals surface area contributed by atoms with Crippen molar-refractivity contribution in [2.45, 2.75) is 19.6 Å². The number of ether oxygens (including phenoxy) is 1. The lowest BCUT2D eigenvalue weighted by molar-refractivity contribution is -0.122. The molecule has 8 nitrogen and oxygen atoms in total. The molecule has 3 aromatic heterocycles. The van der Waals surface area contributed by atoms with E-state index in [9.17, 15) is 9.59 Å². The second-order valence-electron chi connectivity index (χ2n) is 6.06. The first-order valence-electron chi connectivity index (χ1n) is 8.54. The molecule has 0 aliphatic carbocycles.